The fourth-order valence-electron chi connectivity index (χ4n) is 4.56. The molecule has 0 unspecified atom stereocenters. The molecule has 0 radical (unpaired) electrons. The highest BCUT2D eigenvalue weighted by Gasteiger charge is 2.27. The first kappa shape index (κ1) is 25.3. The summed E-state index contributed by atoms with van der Waals surface area (Å²) in [7, 11) is 0. The second-order valence-corrected chi connectivity index (χ2v) is 9.57. The standard InChI is InChI=1S/C27H21Cl2F3N4O/c28-20-10-16(3-4-22(20)30)2-1-8-35-9-6-24-19(15-35)18-12-23(31)21(29)13-25(18)36(24)27(37)34-14-17-5-7-33-26(32)11-17/h1-5,7,10-13H,6,8-9,14-15H2,(H,34,37)/b2-1+. The number of benzene rings is 2. The summed E-state index contributed by atoms with van der Waals surface area (Å²) in [5.74, 6) is -1.66. The van der Waals surface area contributed by atoms with Gasteiger partial charge >= 0.3 is 6.03 Å². The maximum atomic E-state index is 14.4. The molecule has 1 amide bonds. The Morgan fingerprint density at radius 2 is 1.86 bits per heavy atom. The molecule has 37 heavy (non-hydrogen) atoms. The third-order valence-corrected chi connectivity index (χ3v) is 6.90. The highest BCUT2D eigenvalue weighted by atomic mass is 35.5. The number of nitrogens with one attached hydrogen (secondary N) is 1. The zero-order chi connectivity index (χ0) is 26.1. The zero-order valence-corrected chi connectivity index (χ0v) is 21.0. The molecule has 1 N–H and O–H groups in total. The van der Waals surface area contributed by atoms with E-state index in [1.54, 1.807) is 18.2 Å². The smallest absolute Gasteiger partial charge is 0.326 e. The van der Waals surface area contributed by atoms with Crippen molar-refractivity contribution in [3.63, 3.8) is 0 Å². The average Bonchev–Trinajstić information content (AvgIpc) is 3.17. The minimum absolute atomic E-state index is 0.0607. The highest BCUT2D eigenvalue weighted by Crippen LogP contribution is 2.34. The Balaban J connectivity index is 1.39. The van der Waals surface area contributed by atoms with E-state index in [9.17, 15) is 18.0 Å². The molecule has 0 atom stereocenters. The van der Waals surface area contributed by atoms with Crippen LogP contribution in [-0.4, -0.2) is 33.6 Å². The summed E-state index contributed by atoms with van der Waals surface area (Å²) in [6, 6.07) is 9.79. The van der Waals surface area contributed by atoms with Gasteiger partial charge in [0.15, 0.2) is 0 Å². The van der Waals surface area contributed by atoms with Crippen molar-refractivity contribution in [3.05, 3.63) is 105 Å². The van der Waals surface area contributed by atoms with Crippen molar-refractivity contribution >= 4 is 46.2 Å². The van der Waals surface area contributed by atoms with Crippen molar-refractivity contribution < 1.29 is 18.0 Å². The van der Waals surface area contributed by atoms with Crippen molar-refractivity contribution in [2.75, 3.05) is 13.1 Å². The second kappa shape index (κ2) is 10.6. The summed E-state index contributed by atoms with van der Waals surface area (Å²) in [5.41, 5.74) is 3.48. The fraction of sp³-hybridized carbons (Fsp3) is 0.185. The van der Waals surface area contributed by atoms with Crippen LogP contribution in [0.5, 0.6) is 0 Å². The molecule has 0 bridgehead atoms. The molecule has 5 rings (SSSR count). The predicted molar refractivity (Wildman–Crippen MR) is 138 cm³/mol. The monoisotopic (exact) mass is 544 g/mol. The molecule has 0 aliphatic carbocycles. The van der Waals surface area contributed by atoms with Gasteiger partial charge in [-0.1, -0.05) is 41.4 Å². The number of pyridine rings is 1. The summed E-state index contributed by atoms with van der Waals surface area (Å²) in [5, 5.41) is 3.40. The maximum Gasteiger partial charge on any atom is 0.326 e. The first-order valence-corrected chi connectivity index (χ1v) is 12.3. The van der Waals surface area contributed by atoms with Gasteiger partial charge in [0.1, 0.15) is 11.6 Å². The molecule has 3 heterocycles. The topological polar surface area (TPSA) is 50.2 Å². The van der Waals surface area contributed by atoms with Crippen molar-refractivity contribution in [2.45, 2.75) is 19.5 Å². The van der Waals surface area contributed by atoms with Crippen LogP contribution in [0.3, 0.4) is 0 Å². The van der Waals surface area contributed by atoms with Crippen LogP contribution in [-0.2, 0) is 19.5 Å². The van der Waals surface area contributed by atoms with Gasteiger partial charge < -0.3 is 5.32 Å². The SMILES string of the molecule is O=C(NCc1ccnc(F)c1)n1c2c(c3cc(F)c(Cl)cc31)CN(C/C=C/c1ccc(F)c(Cl)c1)CC2. The van der Waals surface area contributed by atoms with Crippen molar-refractivity contribution in [3.8, 4) is 0 Å². The van der Waals surface area contributed by atoms with Crippen LogP contribution in [0.25, 0.3) is 17.0 Å². The van der Waals surface area contributed by atoms with Crippen LogP contribution in [0.15, 0.2) is 54.7 Å². The summed E-state index contributed by atoms with van der Waals surface area (Å²) in [6.45, 7) is 1.86. The minimum atomic E-state index is -0.630. The third kappa shape index (κ3) is 5.37. The number of carbonyl (C=O) groups is 1. The van der Waals surface area contributed by atoms with Crippen LogP contribution in [0.4, 0.5) is 18.0 Å². The van der Waals surface area contributed by atoms with E-state index < -0.39 is 23.6 Å². The van der Waals surface area contributed by atoms with Gasteiger partial charge in [-0.05, 0) is 53.1 Å². The lowest BCUT2D eigenvalue weighted by atomic mass is 10.0. The number of hydrogen-bond acceptors (Lipinski definition) is 3. The molecular formula is C27H21Cl2F3N4O. The molecule has 0 saturated carbocycles. The number of hydrogen-bond donors (Lipinski definition) is 1. The molecule has 10 heteroatoms. The van der Waals surface area contributed by atoms with E-state index in [1.807, 2.05) is 12.2 Å². The first-order valence-electron chi connectivity index (χ1n) is 11.5. The van der Waals surface area contributed by atoms with Crippen LogP contribution in [0.1, 0.15) is 22.4 Å². The van der Waals surface area contributed by atoms with Gasteiger partial charge in [0.2, 0.25) is 5.95 Å². The van der Waals surface area contributed by atoms with Crippen molar-refractivity contribution in [2.24, 2.45) is 0 Å². The number of rotatable bonds is 5. The van der Waals surface area contributed by atoms with Gasteiger partial charge in [-0.3, -0.25) is 9.47 Å². The number of nitrogens with zero attached hydrogens (tertiary/aromatic N) is 3. The molecule has 4 aromatic rings. The van der Waals surface area contributed by atoms with Crippen LogP contribution < -0.4 is 5.32 Å². The Morgan fingerprint density at radius 3 is 2.65 bits per heavy atom. The van der Waals surface area contributed by atoms with Crippen molar-refractivity contribution in [1.29, 1.82) is 0 Å². The second-order valence-electron chi connectivity index (χ2n) is 8.75. The lowest BCUT2D eigenvalue weighted by molar-refractivity contribution is 0.240. The molecule has 5 nitrogen and oxygen atoms in total. The van der Waals surface area contributed by atoms with Crippen LogP contribution in [0, 0.1) is 17.6 Å². The largest absolute Gasteiger partial charge is 0.333 e. The predicted octanol–water partition coefficient (Wildman–Crippen LogP) is 6.59. The van der Waals surface area contributed by atoms with E-state index in [0.29, 0.717) is 42.5 Å². The quantitative estimate of drug-likeness (QED) is 0.288. The Kier molecular flexibility index (Phi) is 7.24. The van der Waals surface area contributed by atoms with E-state index in [-0.39, 0.29) is 16.6 Å². The zero-order valence-electron chi connectivity index (χ0n) is 19.4. The number of aromatic nitrogens is 2. The van der Waals surface area contributed by atoms with E-state index in [0.717, 1.165) is 16.8 Å². The third-order valence-electron chi connectivity index (χ3n) is 6.32. The van der Waals surface area contributed by atoms with Gasteiger partial charge in [0, 0.05) is 49.9 Å². The van der Waals surface area contributed by atoms with E-state index in [4.69, 9.17) is 23.2 Å². The van der Waals surface area contributed by atoms with Crippen molar-refractivity contribution in [1.82, 2.24) is 19.8 Å². The molecule has 190 valence electrons. The molecule has 0 saturated heterocycles. The van der Waals surface area contributed by atoms with E-state index in [2.05, 4.69) is 15.2 Å². The Hall–Kier alpha value is -3.33. The lowest BCUT2D eigenvalue weighted by Gasteiger charge is -2.27. The number of fused-ring (bicyclic) bond motifs is 3. The van der Waals surface area contributed by atoms with Gasteiger partial charge in [0.25, 0.3) is 0 Å². The summed E-state index contributed by atoms with van der Waals surface area (Å²) >= 11 is 11.9. The van der Waals surface area contributed by atoms with E-state index in [1.165, 1.54) is 35.0 Å². The lowest BCUT2D eigenvalue weighted by Crippen LogP contribution is -2.34. The van der Waals surface area contributed by atoms with E-state index >= 15 is 0 Å². The van der Waals surface area contributed by atoms with Gasteiger partial charge in [-0.25, -0.2) is 18.6 Å². The number of amides is 1. The Morgan fingerprint density at radius 1 is 1.05 bits per heavy atom. The molecule has 1 aliphatic rings. The summed E-state index contributed by atoms with van der Waals surface area (Å²) in [4.78, 5) is 18.9. The number of carbonyl (C=O) groups excluding carboxylic acids is 1. The first-order chi connectivity index (χ1) is 17.8. The molecular weight excluding hydrogens is 524 g/mol. The Bertz CT molecular complexity index is 1540. The maximum absolute atomic E-state index is 14.4. The molecule has 2 aromatic heterocycles. The summed E-state index contributed by atoms with van der Waals surface area (Å²) in [6.07, 6.45) is 5.70. The van der Waals surface area contributed by atoms with Crippen LogP contribution >= 0.6 is 23.2 Å². The van der Waals surface area contributed by atoms with Crippen LogP contribution in [0.2, 0.25) is 10.0 Å². The minimum Gasteiger partial charge on any atom is -0.333 e. The van der Waals surface area contributed by atoms with Gasteiger partial charge in [-0.15, -0.1) is 0 Å². The molecule has 2 aromatic carbocycles. The molecule has 1 aliphatic heterocycles. The fourth-order valence-corrected chi connectivity index (χ4v) is 4.90. The summed E-state index contributed by atoms with van der Waals surface area (Å²) < 4.78 is 42.8. The highest BCUT2D eigenvalue weighted by molar-refractivity contribution is 6.31. The Labute approximate surface area is 221 Å². The van der Waals surface area contributed by atoms with Gasteiger partial charge in [-0.2, -0.15) is 4.39 Å². The van der Waals surface area contributed by atoms with Gasteiger partial charge in [0.05, 0.1) is 15.6 Å². The normalized spacial score (nSPS) is 13.9. The number of halogens is 5. The molecule has 0 fully saturated rings. The average molecular weight is 545 g/mol. The molecule has 0 spiro atoms.